The van der Waals surface area contributed by atoms with Gasteiger partial charge in [0.15, 0.2) is 36.5 Å². The summed E-state index contributed by atoms with van der Waals surface area (Å²) < 4.78 is 54.2. The van der Waals surface area contributed by atoms with Crippen LogP contribution in [0.2, 0.25) is 71.0 Å². The predicted molar refractivity (Wildman–Crippen MR) is 194 cm³/mol. The number of carbonyl (C=O) groups excluding carboxylic acids is 1. The fraction of sp³-hybridized carbons (Fsp3) is 0.750. The number of carbonyl (C=O) groups is 1. The molecule has 0 fully saturated rings. The maximum Gasteiger partial charge on any atom is 0.500 e. The van der Waals surface area contributed by atoms with E-state index in [1.165, 1.54) is 40.6 Å². The van der Waals surface area contributed by atoms with E-state index < -0.39 is 63.0 Å². The Morgan fingerprint density at radius 2 is 1.45 bits per heavy atom. The number of benzene rings is 1. The zero-order valence-electron chi connectivity index (χ0n) is 31.0. The Morgan fingerprint density at radius 1 is 0.915 bits per heavy atom. The van der Waals surface area contributed by atoms with Gasteiger partial charge in [-0.2, -0.15) is 0 Å². The van der Waals surface area contributed by atoms with Crippen molar-refractivity contribution in [3.63, 3.8) is 0 Å². The molecule has 2 unspecified atom stereocenters. The summed E-state index contributed by atoms with van der Waals surface area (Å²) in [5, 5.41) is 15.1. The number of ether oxygens (including phenoxy) is 3. The van der Waals surface area contributed by atoms with Crippen LogP contribution in [-0.4, -0.2) is 102 Å². The maximum atomic E-state index is 12.7. The fourth-order valence-electron chi connectivity index (χ4n) is 4.70. The lowest BCUT2D eigenvalue weighted by molar-refractivity contribution is -0.386. The number of alkyl carbamates (subject to hydrolysis) is 1. The predicted octanol–water partition coefficient (Wildman–Crippen LogP) is 5.40. The molecule has 0 radical (unpaired) electrons. The van der Waals surface area contributed by atoms with Gasteiger partial charge in [-0.15, -0.1) is 0 Å². The SMILES string of the molecule is COc1cc(C(C)OC(=O)NCCC[Si](OC)(OC)OC)c([N+](=O)[O-])cc1OC(O[Si](C)(C)C)(O[Si](C)(C)C)C(C[SiH3])O[Si](C)(C)C. The molecule has 0 spiro atoms. The zero-order chi connectivity index (χ0) is 36.4. The Kier molecular flexibility index (Phi) is 16.4. The average Bonchev–Trinajstić information content (AvgIpc) is 2.93. The molecule has 1 N–H and O–H groups in total. The van der Waals surface area contributed by atoms with Gasteiger partial charge in [-0.3, -0.25) is 10.1 Å². The Morgan fingerprint density at radius 3 is 1.85 bits per heavy atom. The van der Waals surface area contributed by atoms with Crippen molar-refractivity contribution < 1.29 is 50.5 Å². The lowest BCUT2D eigenvalue weighted by Crippen LogP contribution is -2.62. The number of nitrogens with one attached hydrogen (secondary N) is 1. The summed E-state index contributed by atoms with van der Waals surface area (Å²) in [4.78, 5) is 24.5. The lowest BCUT2D eigenvalue weighted by atomic mass is 10.1. The van der Waals surface area contributed by atoms with Gasteiger partial charge in [0.2, 0.25) is 0 Å². The molecule has 0 saturated heterocycles. The molecular weight excluding hydrogens is 697 g/mol. The molecule has 272 valence electrons. The number of methoxy groups -OCH3 is 1. The summed E-state index contributed by atoms with van der Waals surface area (Å²) in [7, 11) is -2.93. The van der Waals surface area contributed by atoms with Crippen LogP contribution in [0.3, 0.4) is 0 Å². The molecule has 1 aromatic carbocycles. The molecule has 47 heavy (non-hydrogen) atoms. The van der Waals surface area contributed by atoms with Gasteiger partial charge in [0, 0.05) is 44.2 Å². The Hall–Kier alpha value is -1.67. The minimum absolute atomic E-state index is 0.0532. The molecule has 2 atom stereocenters. The molecule has 0 aliphatic carbocycles. The fourth-order valence-corrected chi connectivity index (χ4v) is 10.8. The third-order valence-electron chi connectivity index (χ3n) is 6.50. The number of hydrogen-bond donors (Lipinski definition) is 1. The van der Waals surface area contributed by atoms with E-state index in [1.807, 2.05) is 39.3 Å². The third kappa shape index (κ3) is 14.0. The van der Waals surface area contributed by atoms with E-state index in [4.69, 9.17) is 40.8 Å². The highest BCUT2D eigenvalue weighted by Crippen LogP contribution is 2.43. The highest BCUT2D eigenvalue weighted by atomic mass is 28.4. The summed E-state index contributed by atoms with van der Waals surface area (Å²) in [6.45, 7) is 20.2. The molecular formula is C28H58N2O12Si5. The van der Waals surface area contributed by atoms with E-state index in [-0.39, 0.29) is 29.3 Å². The smallest absolute Gasteiger partial charge is 0.493 e. The molecule has 0 aliphatic rings. The van der Waals surface area contributed by atoms with E-state index in [9.17, 15) is 14.9 Å². The Bertz CT molecular complexity index is 1150. The Labute approximate surface area is 287 Å². The maximum absolute atomic E-state index is 12.7. The molecule has 0 bridgehead atoms. The van der Waals surface area contributed by atoms with Crippen LogP contribution >= 0.6 is 0 Å². The van der Waals surface area contributed by atoms with Crippen molar-refractivity contribution in [1.29, 1.82) is 0 Å². The molecule has 0 aromatic heterocycles. The van der Waals surface area contributed by atoms with E-state index >= 15 is 0 Å². The van der Waals surface area contributed by atoms with Gasteiger partial charge in [0.25, 0.3) is 5.69 Å². The van der Waals surface area contributed by atoms with Crippen molar-refractivity contribution >= 4 is 55.8 Å². The van der Waals surface area contributed by atoms with Crippen molar-refractivity contribution in [1.82, 2.24) is 5.32 Å². The van der Waals surface area contributed by atoms with Crippen molar-refractivity contribution in [2.75, 3.05) is 35.0 Å². The first kappa shape index (κ1) is 43.4. The van der Waals surface area contributed by atoms with Crippen molar-refractivity contribution in [2.45, 2.75) is 103 Å². The van der Waals surface area contributed by atoms with E-state index in [1.54, 1.807) is 6.92 Å². The molecule has 1 rings (SSSR count). The van der Waals surface area contributed by atoms with Crippen LogP contribution < -0.4 is 14.8 Å². The lowest BCUT2D eigenvalue weighted by Gasteiger charge is -2.47. The number of nitro groups is 1. The molecule has 19 heteroatoms. The summed E-state index contributed by atoms with van der Waals surface area (Å²) >= 11 is 0. The van der Waals surface area contributed by atoms with Gasteiger partial charge in [0.1, 0.15) is 12.2 Å². The van der Waals surface area contributed by atoms with Crippen LogP contribution in [0.1, 0.15) is 25.0 Å². The van der Waals surface area contributed by atoms with Gasteiger partial charge in [-0.05, 0) is 84.4 Å². The molecule has 14 nitrogen and oxygen atoms in total. The average molecular weight is 755 g/mol. The molecule has 0 heterocycles. The normalized spacial score (nSPS) is 14.4. The van der Waals surface area contributed by atoms with Gasteiger partial charge >= 0.3 is 20.9 Å². The van der Waals surface area contributed by atoms with E-state index in [0.29, 0.717) is 18.5 Å². The minimum Gasteiger partial charge on any atom is -0.493 e. The van der Waals surface area contributed by atoms with E-state index in [2.05, 4.69) is 25.0 Å². The van der Waals surface area contributed by atoms with Crippen LogP contribution in [0.4, 0.5) is 10.5 Å². The number of nitro benzene ring substituents is 1. The van der Waals surface area contributed by atoms with Gasteiger partial charge in [-0.25, -0.2) is 4.79 Å². The standard InChI is InChI=1S/C28H58N2O12Si5/c1-21(38-27(31)29-16-15-17-47(35-3,36-4)37-5)22-18-24(34-2)25(19-23(22)30(32)33)39-28(41-45(9,10)11,42-46(12,13)14)26(20-43)40-44(6,7)8/h18-19,21,26H,15-17,20H2,1-14,43H3,(H,29,31). The van der Waals surface area contributed by atoms with Gasteiger partial charge in [-0.1, -0.05) is 0 Å². The third-order valence-corrected chi connectivity index (χ3v) is 12.9. The highest BCUT2D eigenvalue weighted by Gasteiger charge is 2.52. The topological polar surface area (TPSA) is 155 Å². The first-order chi connectivity index (χ1) is 21.5. The number of amides is 1. The highest BCUT2D eigenvalue weighted by molar-refractivity contribution is 6.71. The largest absolute Gasteiger partial charge is 0.500 e. The minimum atomic E-state index is -2.79. The first-order valence-electron chi connectivity index (χ1n) is 15.7. The van der Waals surface area contributed by atoms with Crippen molar-refractivity contribution in [3.8, 4) is 11.5 Å². The molecule has 0 saturated carbocycles. The first-order valence-corrected chi connectivity index (χ1v) is 29.3. The van der Waals surface area contributed by atoms with Crippen molar-refractivity contribution in [3.05, 3.63) is 27.8 Å². The molecule has 1 amide bonds. The van der Waals surface area contributed by atoms with E-state index in [0.717, 1.165) is 10.2 Å². The van der Waals surface area contributed by atoms with Gasteiger partial charge in [0.05, 0.1) is 23.7 Å². The van der Waals surface area contributed by atoms with Crippen LogP contribution in [0.15, 0.2) is 12.1 Å². The molecule has 0 aliphatic heterocycles. The monoisotopic (exact) mass is 754 g/mol. The van der Waals surface area contributed by atoms with Gasteiger partial charge < -0.3 is 46.1 Å². The summed E-state index contributed by atoms with van der Waals surface area (Å²) in [5.41, 5.74) is -0.194. The second kappa shape index (κ2) is 17.8. The molecule has 1 aromatic rings. The second-order valence-electron chi connectivity index (χ2n) is 14.0. The number of rotatable bonds is 21. The summed E-state index contributed by atoms with van der Waals surface area (Å²) in [6, 6.07) is 3.83. The van der Waals surface area contributed by atoms with Crippen LogP contribution in [0, 0.1) is 10.1 Å². The van der Waals surface area contributed by atoms with Crippen LogP contribution in [0.5, 0.6) is 11.5 Å². The summed E-state index contributed by atoms with van der Waals surface area (Å²) in [6.07, 6.45) is -1.82. The summed E-state index contributed by atoms with van der Waals surface area (Å²) in [5.74, 6) is -1.43. The number of hydrogen-bond acceptors (Lipinski definition) is 12. The van der Waals surface area contributed by atoms with Crippen molar-refractivity contribution in [2.24, 2.45) is 0 Å². The zero-order valence-corrected chi connectivity index (χ0v) is 37.0. The Balaban J connectivity index is 3.54. The number of nitrogens with zero attached hydrogens (tertiary/aromatic N) is 1. The second-order valence-corrected chi connectivity index (χ2v) is 31.2. The van der Waals surface area contributed by atoms with Crippen LogP contribution in [0.25, 0.3) is 0 Å². The van der Waals surface area contributed by atoms with Crippen LogP contribution in [-0.2, 0) is 31.3 Å². The quantitative estimate of drug-likeness (QED) is 0.0562.